The molecule has 0 aliphatic rings. The molecule has 0 saturated carbocycles. The van der Waals surface area contributed by atoms with Gasteiger partial charge in [-0.1, -0.05) is 25.4 Å². The Morgan fingerprint density at radius 1 is 1.45 bits per heavy atom. The van der Waals surface area contributed by atoms with Gasteiger partial charge in [-0.05, 0) is 18.2 Å². The second-order valence-electron chi connectivity index (χ2n) is 4.89. The molecule has 0 fully saturated rings. The van der Waals surface area contributed by atoms with Crippen LogP contribution >= 0.6 is 11.6 Å². The molecule has 0 spiro atoms. The first-order valence-corrected chi connectivity index (χ1v) is 7.03. The number of aromatic hydroxyl groups is 1. The molecule has 6 heteroatoms. The number of esters is 1. The maximum absolute atomic E-state index is 11.6. The van der Waals surface area contributed by atoms with Crippen LogP contribution in [0.25, 0.3) is 0 Å². The van der Waals surface area contributed by atoms with Gasteiger partial charge in [-0.3, -0.25) is 14.8 Å². The van der Waals surface area contributed by atoms with Crippen molar-refractivity contribution in [1.29, 1.82) is 0 Å². The summed E-state index contributed by atoms with van der Waals surface area (Å²) in [5, 5.41) is 10.5. The molecule has 1 heterocycles. The molecule has 1 aromatic heterocycles. The zero-order valence-corrected chi connectivity index (χ0v) is 12.9. The zero-order chi connectivity index (χ0) is 16.1. The Kier molecular flexibility index (Phi) is 5.12. The van der Waals surface area contributed by atoms with Gasteiger partial charge in [0.25, 0.3) is 0 Å². The Morgan fingerprint density at radius 2 is 2.23 bits per heavy atom. The third kappa shape index (κ3) is 4.05. The van der Waals surface area contributed by atoms with Crippen molar-refractivity contribution in [3.05, 3.63) is 47.2 Å². The molecule has 2 rings (SSSR count). The largest absolute Gasteiger partial charge is 0.504 e. The highest BCUT2D eigenvalue weighted by Crippen LogP contribution is 2.33. The van der Waals surface area contributed by atoms with Gasteiger partial charge in [-0.2, -0.15) is 0 Å². The van der Waals surface area contributed by atoms with Crippen molar-refractivity contribution in [1.82, 2.24) is 4.98 Å². The first kappa shape index (κ1) is 16.0. The molecule has 0 bridgehead atoms. The van der Waals surface area contributed by atoms with Crippen molar-refractivity contribution in [3.63, 3.8) is 0 Å². The van der Waals surface area contributed by atoms with Crippen LogP contribution in [0.5, 0.6) is 11.5 Å². The fraction of sp³-hybridized carbons (Fsp3) is 0.188. The summed E-state index contributed by atoms with van der Waals surface area (Å²) in [4.78, 5) is 19.8. The lowest BCUT2D eigenvalue weighted by atomic mass is 10.2. The van der Waals surface area contributed by atoms with Crippen molar-refractivity contribution in [2.24, 2.45) is 10.9 Å². The quantitative estimate of drug-likeness (QED) is 0.529. The van der Waals surface area contributed by atoms with E-state index in [1.807, 2.05) is 0 Å². The van der Waals surface area contributed by atoms with Crippen LogP contribution in [0.15, 0.2) is 41.7 Å². The van der Waals surface area contributed by atoms with Crippen molar-refractivity contribution in [3.8, 4) is 11.5 Å². The first-order valence-electron chi connectivity index (χ1n) is 6.65. The van der Waals surface area contributed by atoms with Crippen LogP contribution in [0.4, 0.5) is 5.69 Å². The molecule has 2 aromatic rings. The lowest BCUT2D eigenvalue weighted by Gasteiger charge is -2.10. The summed E-state index contributed by atoms with van der Waals surface area (Å²) in [6.07, 6.45) is 4.65. The molecular weight excluding hydrogens is 304 g/mol. The summed E-state index contributed by atoms with van der Waals surface area (Å²) in [7, 11) is 0. The van der Waals surface area contributed by atoms with Gasteiger partial charge in [0.2, 0.25) is 0 Å². The zero-order valence-electron chi connectivity index (χ0n) is 12.2. The maximum atomic E-state index is 11.6. The van der Waals surface area contributed by atoms with E-state index < -0.39 is 5.97 Å². The summed E-state index contributed by atoms with van der Waals surface area (Å²) in [5.41, 5.74) is 0.977. The van der Waals surface area contributed by atoms with Gasteiger partial charge in [0.05, 0.1) is 17.8 Å². The normalized spacial score (nSPS) is 11.1. The molecule has 0 radical (unpaired) electrons. The van der Waals surface area contributed by atoms with E-state index in [2.05, 4.69) is 9.98 Å². The van der Waals surface area contributed by atoms with Crippen molar-refractivity contribution < 1.29 is 14.6 Å². The van der Waals surface area contributed by atoms with E-state index in [-0.39, 0.29) is 17.4 Å². The Balaban J connectivity index is 2.31. The van der Waals surface area contributed by atoms with Crippen LogP contribution in [-0.4, -0.2) is 22.3 Å². The fourth-order valence-electron chi connectivity index (χ4n) is 1.57. The number of phenolic OH excluding ortho intramolecular Hbond substituents is 1. The highest BCUT2D eigenvalue weighted by molar-refractivity contribution is 6.31. The summed E-state index contributed by atoms with van der Waals surface area (Å²) >= 11 is 5.99. The number of halogens is 1. The number of rotatable bonds is 4. The third-order valence-electron chi connectivity index (χ3n) is 2.75. The predicted octanol–water partition coefficient (Wildman–Crippen LogP) is 3.75. The SMILES string of the molecule is CC(C)C(=O)Oc1cc(Cl)cc(C=Nc2cccnc2)c1O. The van der Waals surface area contributed by atoms with Gasteiger partial charge in [-0.25, -0.2) is 0 Å². The van der Waals surface area contributed by atoms with Crippen LogP contribution in [0.3, 0.4) is 0 Å². The average Bonchev–Trinajstić information content (AvgIpc) is 2.50. The Morgan fingerprint density at radius 3 is 2.86 bits per heavy atom. The van der Waals surface area contributed by atoms with Crippen LogP contribution in [0.2, 0.25) is 5.02 Å². The molecule has 5 nitrogen and oxygen atoms in total. The molecule has 0 unspecified atom stereocenters. The van der Waals surface area contributed by atoms with Gasteiger partial charge in [0.1, 0.15) is 0 Å². The van der Waals surface area contributed by atoms with Crippen LogP contribution in [0.1, 0.15) is 19.4 Å². The van der Waals surface area contributed by atoms with Gasteiger partial charge >= 0.3 is 5.97 Å². The second kappa shape index (κ2) is 7.04. The topological polar surface area (TPSA) is 71.8 Å². The standard InChI is InChI=1S/C16H15ClN2O3/c1-10(2)16(21)22-14-7-12(17)6-11(15(14)20)8-19-13-4-3-5-18-9-13/h3-10,20H,1-2H3. The van der Waals surface area contributed by atoms with Crippen LogP contribution < -0.4 is 4.74 Å². The van der Waals surface area contributed by atoms with E-state index in [9.17, 15) is 9.90 Å². The molecule has 0 saturated heterocycles. The Hall–Kier alpha value is -2.40. The average molecular weight is 319 g/mol. The number of carbonyl (C=O) groups excluding carboxylic acids is 1. The number of ether oxygens (including phenoxy) is 1. The van der Waals surface area contributed by atoms with Crippen molar-refractivity contribution in [2.75, 3.05) is 0 Å². The van der Waals surface area contributed by atoms with E-state index in [1.165, 1.54) is 18.3 Å². The second-order valence-corrected chi connectivity index (χ2v) is 5.32. The summed E-state index contributed by atoms with van der Waals surface area (Å²) in [6, 6.07) is 6.44. The number of nitrogens with zero attached hydrogens (tertiary/aromatic N) is 2. The third-order valence-corrected chi connectivity index (χ3v) is 2.97. The number of aliphatic imine (C=N–C) groups is 1. The maximum Gasteiger partial charge on any atom is 0.313 e. The molecular formula is C16H15ClN2O3. The summed E-state index contributed by atoms with van der Waals surface area (Å²) < 4.78 is 5.13. The number of phenols is 1. The number of hydrogen-bond acceptors (Lipinski definition) is 5. The fourth-order valence-corrected chi connectivity index (χ4v) is 1.79. The number of hydrogen-bond donors (Lipinski definition) is 1. The van der Waals surface area contributed by atoms with Crippen molar-refractivity contribution >= 4 is 29.5 Å². The van der Waals surface area contributed by atoms with E-state index in [1.54, 1.807) is 38.4 Å². The smallest absolute Gasteiger partial charge is 0.313 e. The molecule has 0 amide bonds. The van der Waals surface area contributed by atoms with E-state index in [0.29, 0.717) is 16.3 Å². The molecule has 0 atom stereocenters. The summed E-state index contributed by atoms with van der Waals surface area (Å²) in [6.45, 7) is 3.41. The van der Waals surface area contributed by atoms with Gasteiger partial charge in [0, 0.05) is 29.1 Å². The number of aromatic nitrogens is 1. The van der Waals surface area contributed by atoms with Crippen LogP contribution in [-0.2, 0) is 4.79 Å². The Bertz CT molecular complexity index is 700. The van der Waals surface area contributed by atoms with Crippen molar-refractivity contribution in [2.45, 2.75) is 13.8 Å². The lowest BCUT2D eigenvalue weighted by molar-refractivity contribution is -0.137. The first-order chi connectivity index (χ1) is 10.5. The predicted molar refractivity (Wildman–Crippen MR) is 85.1 cm³/mol. The minimum absolute atomic E-state index is 0.0128. The molecule has 1 aromatic carbocycles. The molecule has 1 N–H and O–H groups in total. The lowest BCUT2D eigenvalue weighted by Crippen LogP contribution is -2.15. The van der Waals surface area contributed by atoms with Crippen LogP contribution in [0, 0.1) is 5.92 Å². The molecule has 0 aliphatic heterocycles. The number of pyridine rings is 1. The highest BCUT2D eigenvalue weighted by Gasteiger charge is 2.15. The molecule has 0 aliphatic carbocycles. The molecule has 114 valence electrons. The van der Waals surface area contributed by atoms with E-state index in [4.69, 9.17) is 16.3 Å². The molecule has 22 heavy (non-hydrogen) atoms. The Labute approximate surface area is 133 Å². The monoisotopic (exact) mass is 318 g/mol. The number of benzene rings is 1. The minimum Gasteiger partial charge on any atom is -0.504 e. The van der Waals surface area contributed by atoms with Gasteiger partial charge in [-0.15, -0.1) is 0 Å². The van der Waals surface area contributed by atoms with Gasteiger partial charge in [0.15, 0.2) is 11.5 Å². The highest BCUT2D eigenvalue weighted by atomic mass is 35.5. The van der Waals surface area contributed by atoms with Gasteiger partial charge < -0.3 is 9.84 Å². The van der Waals surface area contributed by atoms with E-state index >= 15 is 0 Å². The van der Waals surface area contributed by atoms with E-state index in [0.717, 1.165) is 0 Å². The number of carbonyl (C=O) groups is 1. The minimum atomic E-state index is -0.451. The summed E-state index contributed by atoms with van der Waals surface area (Å²) in [5.74, 6) is -0.941.